The number of amides is 1. The fourth-order valence-corrected chi connectivity index (χ4v) is 2.23. The van der Waals surface area contributed by atoms with Gasteiger partial charge in [-0.25, -0.2) is 4.79 Å². The SMILES string of the molecule is CCCC(C(=O)O)C(C)I.CCCCNC(=O)OCC#CI. The van der Waals surface area contributed by atoms with Crippen LogP contribution in [0.15, 0.2) is 0 Å². The van der Waals surface area contributed by atoms with Gasteiger partial charge in [-0.2, -0.15) is 0 Å². The second-order valence-electron chi connectivity index (χ2n) is 4.54. The van der Waals surface area contributed by atoms with Crippen molar-refractivity contribution in [2.45, 2.75) is 50.4 Å². The Hall–Kier alpha value is -0.240. The lowest BCUT2D eigenvalue weighted by Gasteiger charge is -2.12. The van der Waals surface area contributed by atoms with E-state index in [0.29, 0.717) is 6.54 Å². The highest BCUT2D eigenvalue weighted by atomic mass is 127. The molecule has 5 nitrogen and oxygen atoms in total. The molecule has 2 atom stereocenters. The van der Waals surface area contributed by atoms with E-state index >= 15 is 0 Å². The Kier molecular flexibility index (Phi) is 18.7. The van der Waals surface area contributed by atoms with Crippen LogP contribution < -0.4 is 5.32 Å². The maximum absolute atomic E-state index is 10.8. The molecule has 0 rings (SSSR count). The van der Waals surface area contributed by atoms with E-state index in [1.807, 2.05) is 36.4 Å². The Morgan fingerprint density at radius 2 is 1.95 bits per heavy atom. The van der Waals surface area contributed by atoms with E-state index in [1.54, 1.807) is 0 Å². The van der Waals surface area contributed by atoms with Crippen LogP contribution in [0.5, 0.6) is 0 Å². The number of carboxylic acid groups (broad SMARTS) is 1. The molecule has 0 aromatic heterocycles. The summed E-state index contributed by atoms with van der Waals surface area (Å²) in [7, 11) is 0. The average molecular weight is 537 g/mol. The molecule has 0 aliphatic heterocycles. The van der Waals surface area contributed by atoms with E-state index in [2.05, 4.69) is 44.7 Å². The van der Waals surface area contributed by atoms with Gasteiger partial charge >= 0.3 is 12.1 Å². The Balaban J connectivity index is 0. The summed E-state index contributed by atoms with van der Waals surface area (Å²) in [6.45, 7) is 6.85. The van der Waals surface area contributed by atoms with Gasteiger partial charge in [-0.3, -0.25) is 4.79 Å². The molecule has 0 saturated carbocycles. The first-order chi connectivity index (χ1) is 10.4. The molecule has 0 aromatic carbocycles. The molecule has 1 amide bonds. The molecule has 128 valence electrons. The lowest BCUT2D eigenvalue weighted by Crippen LogP contribution is -2.25. The minimum Gasteiger partial charge on any atom is -0.481 e. The molecule has 0 aromatic rings. The smallest absolute Gasteiger partial charge is 0.408 e. The van der Waals surface area contributed by atoms with E-state index in [-0.39, 0.29) is 22.5 Å². The number of ether oxygens (including phenoxy) is 1. The van der Waals surface area contributed by atoms with Crippen LogP contribution in [0, 0.1) is 15.8 Å². The number of hydrogen-bond acceptors (Lipinski definition) is 3. The maximum atomic E-state index is 10.8. The average Bonchev–Trinajstić information content (AvgIpc) is 2.45. The van der Waals surface area contributed by atoms with Gasteiger partial charge in [-0.05, 0) is 16.8 Å². The fraction of sp³-hybridized carbons (Fsp3) is 0.733. The summed E-state index contributed by atoms with van der Waals surface area (Å²) in [6.07, 6.45) is 3.40. The Morgan fingerprint density at radius 1 is 1.32 bits per heavy atom. The van der Waals surface area contributed by atoms with Gasteiger partial charge in [0.15, 0.2) is 6.61 Å². The van der Waals surface area contributed by atoms with Gasteiger partial charge < -0.3 is 15.2 Å². The third-order valence-electron chi connectivity index (χ3n) is 2.61. The predicted molar refractivity (Wildman–Crippen MR) is 106 cm³/mol. The number of rotatable bonds is 8. The summed E-state index contributed by atoms with van der Waals surface area (Å²) in [6, 6.07) is 0. The van der Waals surface area contributed by atoms with Crippen molar-refractivity contribution < 1.29 is 19.4 Å². The fourth-order valence-electron chi connectivity index (χ4n) is 1.41. The molecule has 0 aliphatic rings. The number of unbranched alkanes of at least 4 members (excludes halogenated alkanes) is 1. The van der Waals surface area contributed by atoms with Crippen LogP contribution in [0.25, 0.3) is 0 Å². The van der Waals surface area contributed by atoms with Crippen LogP contribution in [0.1, 0.15) is 46.5 Å². The number of halogens is 2. The monoisotopic (exact) mass is 537 g/mol. The van der Waals surface area contributed by atoms with Crippen LogP contribution in [0.4, 0.5) is 4.79 Å². The van der Waals surface area contributed by atoms with Crippen LogP contribution in [-0.2, 0) is 9.53 Å². The maximum Gasteiger partial charge on any atom is 0.408 e. The summed E-state index contributed by atoms with van der Waals surface area (Å²) in [5.41, 5.74) is 0. The number of nitrogens with one attached hydrogen (secondary N) is 1. The Morgan fingerprint density at radius 3 is 2.32 bits per heavy atom. The minimum atomic E-state index is -0.663. The van der Waals surface area contributed by atoms with Crippen LogP contribution >= 0.6 is 45.2 Å². The van der Waals surface area contributed by atoms with Gasteiger partial charge in [0.05, 0.1) is 5.92 Å². The zero-order chi connectivity index (χ0) is 17.4. The van der Waals surface area contributed by atoms with Gasteiger partial charge in [0.1, 0.15) is 0 Å². The van der Waals surface area contributed by atoms with Crippen molar-refractivity contribution >= 4 is 57.2 Å². The quantitative estimate of drug-likeness (QED) is 0.211. The van der Waals surface area contributed by atoms with Crippen molar-refractivity contribution in [2.24, 2.45) is 5.92 Å². The van der Waals surface area contributed by atoms with Gasteiger partial charge in [-0.1, -0.05) is 62.1 Å². The number of carbonyl (C=O) groups is 2. The molecule has 2 N–H and O–H groups in total. The second-order valence-corrected chi connectivity index (χ2v) is 7.04. The predicted octanol–water partition coefficient (Wildman–Crippen LogP) is 4.22. The van der Waals surface area contributed by atoms with E-state index in [9.17, 15) is 9.59 Å². The highest BCUT2D eigenvalue weighted by molar-refractivity contribution is 14.1. The third-order valence-corrected chi connectivity index (χ3v) is 3.86. The highest BCUT2D eigenvalue weighted by Gasteiger charge is 2.20. The van der Waals surface area contributed by atoms with Crippen molar-refractivity contribution in [2.75, 3.05) is 13.2 Å². The first-order valence-corrected chi connectivity index (χ1v) is 9.59. The summed E-state index contributed by atoms with van der Waals surface area (Å²) in [4.78, 5) is 21.3. The van der Waals surface area contributed by atoms with E-state index in [1.165, 1.54) is 0 Å². The summed E-state index contributed by atoms with van der Waals surface area (Å²) in [5, 5.41) is 11.3. The normalized spacial score (nSPS) is 11.9. The first kappa shape index (κ1) is 24.0. The lowest BCUT2D eigenvalue weighted by molar-refractivity contribution is -0.141. The Bertz CT molecular complexity index is 364. The molecule has 0 saturated heterocycles. The molecule has 22 heavy (non-hydrogen) atoms. The molecule has 0 bridgehead atoms. The van der Waals surface area contributed by atoms with E-state index in [4.69, 9.17) is 9.84 Å². The molecular weight excluding hydrogens is 512 g/mol. The van der Waals surface area contributed by atoms with Crippen molar-refractivity contribution in [3.05, 3.63) is 0 Å². The molecular formula is C15H25I2NO4. The van der Waals surface area contributed by atoms with Crippen LogP contribution in [-0.4, -0.2) is 34.2 Å². The van der Waals surface area contributed by atoms with Gasteiger partial charge in [0, 0.05) is 33.1 Å². The number of carbonyl (C=O) groups excluding carboxylic acids is 1. The summed E-state index contributed by atoms with van der Waals surface area (Å²) < 4.78 is 7.54. The molecule has 0 heterocycles. The number of alkyl carbamates (subject to hydrolysis) is 1. The van der Waals surface area contributed by atoms with E-state index in [0.717, 1.165) is 25.7 Å². The summed E-state index contributed by atoms with van der Waals surface area (Å²) in [5.74, 6) is 1.80. The Labute approximate surface area is 160 Å². The van der Waals surface area contributed by atoms with Crippen LogP contribution in [0.2, 0.25) is 0 Å². The standard InChI is InChI=1S/C8H12INO2.C7H13IO2/c1-2-3-6-10-8(11)12-7-4-5-9;1-3-4-6(5(2)8)7(9)10/h2-3,6-7H2,1H3,(H,10,11);5-6H,3-4H2,1-2H3,(H,9,10). The first-order valence-electron chi connectivity index (χ1n) is 7.26. The topological polar surface area (TPSA) is 75.6 Å². The zero-order valence-electron chi connectivity index (χ0n) is 13.3. The van der Waals surface area contributed by atoms with Gasteiger partial charge in [0.2, 0.25) is 0 Å². The minimum absolute atomic E-state index is 0.161. The summed E-state index contributed by atoms with van der Waals surface area (Å²) >= 11 is 4.06. The molecule has 0 radical (unpaired) electrons. The number of hydrogen-bond donors (Lipinski definition) is 2. The van der Waals surface area contributed by atoms with Crippen molar-refractivity contribution in [1.82, 2.24) is 5.32 Å². The molecule has 0 aliphatic carbocycles. The van der Waals surface area contributed by atoms with Crippen molar-refractivity contribution in [3.8, 4) is 9.85 Å². The molecule has 2 unspecified atom stereocenters. The third kappa shape index (κ3) is 16.1. The van der Waals surface area contributed by atoms with Crippen LogP contribution in [0.3, 0.4) is 0 Å². The highest BCUT2D eigenvalue weighted by Crippen LogP contribution is 2.18. The van der Waals surface area contributed by atoms with Crippen molar-refractivity contribution in [3.63, 3.8) is 0 Å². The van der Waals surface area contributed by atoms with Gasteiger partial charge in [-0.15, -0.1) is 0 Å². The molecule has 0 spiro atoms. The zero-order valence-corrected chi connectivity index (χ0v) is 17.6. The number of alkyl halides is 1. The second kappa shape index (κ2) is 17.1. The number of carboxylic acids is 1. The largest absolute Gasteiger partial charge is 0.481 e. The van der Waals surface area contributed by atoms with E-state index < -0.39 is 5.97 Å². The molecule has 0 fully saturated rings. The number of aliphatic carboxylic acids is 1. The van der Waals surface area contributed by atoms with Gasteiger partial charge in [0.25, 0.3) is 0 Å². The van der Waals surface area contributed by atoms with Crippen molar-refractivity contribution in [1.29, 1.82) is 0 Å². The molecule has 7 heteroatoms. The lowest BCUT2D eigenvalue weighted by atomic mass is 10.0.